The molecule has 1 atom stereocenters. The third-order valence-corrected chi connectivity index (χ3v) is 5.65. The molecular formula is C19H28N2O3. The Morgan fingerprint density at radius 2 is 2.00 bits per heavy atom. The summed E-state index contributed by atoms with van der Waals surface area (Å²) in [5.41, 5.74) is 0.839. The number of aliphatic hydroxyl groups is 1. The van der Waals surface area contributed by atoms with Gasteiger partial charge in [-0.3, -0.25) is 9.69 Å². The largest absolute Gasteiger partial charge is 0.394 e. The number of aliphatic hydroxyl groups excluding tert-OH is 1. The summed E-state index contributed by atoms with van der Waals surface area (Å²) in [7, 11) is 2.00. The number of carbonyl (C=O) groups excluding carboxylic acids is 1. The van der Waals surface area contributed by atoms with Crippen molar-refractivity contribution in [3.8, 4) is 0 Å². The highest BCUT2D eigenvalue weighted by Gasteiger charge is 2.43. The Labute approximate surface area is 144 Å². The van der Waals surface area contributed by atoms with Crippen LogP contribution in [0.25, 0.3) is 0 Å². The lowest BCUT2D eigenvalue weighted by molar-refractivity contribution is -0.147. The third-order valence-electron chi connectivity index (χ3n) is 5.65. The molecule has 0 saturated carbocycles. The van der Waals surface area contributed by atoms with Crippen molar-refractivity contribution >= 4 is 5.91 Å². The number of amides is 1. The lowest BCUT2D eigenvalue weighted by Crippen LogP contribution is -2.61. The van der Waals surface area contributed by atoms with Crippen LogP contribution in [-0.4, -0.2) is 65.8 Å². The molecule has 0 bridgehead atoms. The van der Waals surface area contributed by atoms with Crippen LogP contribution in [0.2, 0.25) is 0 Å². The first-order valence-corrected chi connectivity index (χ1v) is 8.90. The molecule has 2 heterocycles. The molecule has 1 aromatic rings. The Kier molecular flexibility index (Phi) is 5.54. The van der Waals surface area contributed by atoms with Crippen LogP contribution >= 0.6 is 0 Å². The molecule has 0 aromatic heterocycles. The van der Waals surface area contributed by atoms with Gasteiger partial charge in [0.15, 0.2) is 0 Å². The average molecular weight is 332 g/mol. The fourth-order valence-electron chi connectivity index (χ4n) is 3.94. The zero-order valence-electron chi connectivity index (χ0n) is 14.5. The zero-order chi connectivity index (χ0) is 17.0. The van der Waals surface area contributed by atoms with E-state index in [-0.39, 0.29) is 24.1 Å². The van der Waals surface area contributed by atoms with Gasteiger partial charge in [0.2, 0.25) is 5.91 Å². The van der Waals surface area contributed by atoms with E-state index in [4.69, 9.17) is 4.74 Å². The maximum atomic E-state index is 13.0. The van der Waals surface area contributed by atoms with Gasteiger partial charge >= 0.3 is 0 Å². The summed E-state index contributed by atoms with van der Waals surface area (Å²) in [4.78, 5) is 17.1. The van der Waals surface area contributed by atoms with Crippen LogP contribution in [0.5, 0.6) is 0 Å². The highest BCUT2D eigenvalue weighted by Crippen LogP contribution is 2.31. The lowest BCUT2D eigenvalue weighted by Gasteiger charge is -2.48. The minimum absolute atomic E-state index is 0.0787. The standard InChI is InChI=1S/C19H28N2O3/c1-20(19(15-22)9-12-24-13-10-19)17-8-5-11-21(18(17)23)14-16-6-3-2-4-7-16/h2-4,6-7,17,22H,5,8-15H2,1H3/t17-/m1/s1. The molecule has 132 valence electrons. The van der Waals surface area contributed by atoms with Crippen molar-refractivity contribution in [1.29, 1.82) is 0 Å². The first kappa shape index (κ1) is 17.4. The first-order chi connectivity index (χ1) is 11.7. The molecule has 5 nitrogen and oxygen atoms in total. The van der Waals surface area contributed by atoms with Gasteiger partial charge in [-0.25, -0.2) is 0 Å². The van der Waals surface area contributed by atoms with Crippen LogP contribution < -0.4 is 0 Å². The number of rotatable bonds is 5. The number of hydrogen-bond acceptors (Lipinski definition) is 4. The number of likely N-dealkylation sites (N-methyl/N-ethyl adjacent to an activating group) is 1. The van der Waals surface area contributed by atoms with Gasteiger partial charge in [-0.1, -0.05) is 30.3 Å². The van der Waals surface area contributed by atoms with Crippen LogP contribution in [0.4, 0.5) is 0 Å². The number of hydrogen-bond donors (Lipinski definition) is 1. The minimum atomic E-state index is -0.325. The SMILES string of the molecule is CN([C@@H]1CCCN(Cc2ccccc2)C1=O)C1(CO)CCOCC1. The van der Waals surface area contributed by atoms with Crippen molar-refractivity contribution in [1.82, 2.24) is 9.80 Å². The van der Waals surface area contributed by atoms with E-state index in [9.17, 15) is 9.90 Å². The Balaban J connectivity index is 1.72. The molecule has 0 aliphatic carbocycles. The van der Waals surface area contributed by atoms with Gasteiger partial charge in [0.1, 0.15) is 0 Å². The second-order valence-corrected chi connectivity index (χ2v) is 7.01. The third kappa shape index (κ3) is 3.48. The molecule has 0 unspecified atom stereocenters. The number of benzene rings is 1. The highest BCUT2D eigenvalue weighted by molar-refractivity contribution is 5.82. The Hall–Kier alpha value is -1.43. The average Bonchev–Trinajstić information content (AvgIpc) is 2.64. The molecular weight excluding hydrogens is 304 g/mol. The summed E-state index contributed by atoms with van der Waals surface area (Å²) in [5.74, 6) is 0.187. The van der Waals surface area contributed by atoms with Gasteiger partial charge in [0.25, 0.3) is 0 Å². The maximum absolute atomic E-state index is 13.0. The Morgan fingerprint density at radius 3 is 2.67 bits per heavy atom. The van der Waals surface area contributed by atoms with Crippen molar-refractivity contribution in [2.45, 2.75) is 43.8 Å². The topological polar surface area (TPSA) is 53.0 Å². The van der Waals surface area contributed by atoms with Gasteiger partial charge in [-0.2, -0.15) is 0 Å². The Bertz CT molecular complexity index is 543. The van der Waals surface area contributed by atoms with Crippen molar-refractivity contribution in [3.63, 3.8) is 0 Å². The number of ether oxygens (including phenoxy) is 1. The molecule has 3 rings (SSSR count). The van der Waals surface area contributed by atoms with Gasteiger partial charge in [0.05, 0.1) is 12.6 Å². The smallest absolute Gasteiger partial charge is 0.240 e. The number of piperidine rings is 1. The second kappa shape index (κ2) is 7.64. The molecule has 2 saturated heterocycles. The van der Waals surface area contributed by atoms with E-state index in [2.05, 4.69) is 17.0 Å². The van der Waals surface area contributed by atoms with Gasteiger partial charge in [0, 0.05) is 31.8 Å². The molecule has 2 aliphatic rings. The highest BCUT2D eigenvalue weighted by atomic mass is 16.5. The van der Waals surface area contributed by atoms with E-state index in [0.29, 0.717) is 19.8 Å². The summed E-state index contributed by atoms with van der Waals surface area (Å²) in [6, 6.07) is 10.00. The Morgan fingerprint density at radius 1 is 1.29 bits per heavy atom. The molecule has 0 radical (unpaired) electrons. The van der Waals surface area contributed by atoms with E-state index >= 15 is 0 Å². The maximum Gasteiger partial charge on any atom is 0.240 e. The van der Waals surface area contributed by atoms with E-state index in [1.54, 1.807) is 0 Å². The van der Waals surface area contributed by atoms with E-state index < -0.39 is 0 Å². The van der Waals surface area contributed by atoms with Crippen LogP contribution in [0.3, 0.4) is 0 Å². The zero-order valence-corrected chi connectivity index (χ0v) is 14.5. The fraction of sp³-hybridized carbons (Fsp3) is 0.632. The van der Waals surface area contributed by atoms with Crippen LogP contribution in [0.15, 0.2) is 30.3 Å². The van der Waals surface area contributed by atoms with Crippen LogP contribution in [-0.2, 0) is 16.1 Å². The normalized spacial score (nSPS) is 24.4. The molecule has 2 fully saturated rings. The molecule has 0 spiro atoms. The molecule has 2 aliphatic heterocycles. The van der Waals surface area contributed by atoms with Crippen LogP contribution in [0, 0.1) is 0 Å². The molecule has 5 heteroatoms. The lowest BCUT2D eigenvalue weighted by atomic mass is 9.86. The molecule has 24 heavy (non-hydrogen) atoms. The molecule has 1 amide bonds. The number of likely N-dealkylation sites (tertiary alicyclic amines) is 1. The predicted octanol–water partition coefficient (Wildman–Crippen LogP) is 1.65. The number of nitrogens with zero attached hydrogens (tertiary/aromatic N) is 2. The molecule has 1 aromatic carbocycles. The minimum Gasteiger partial charge on any atom is -0.394 e. The second-order valence-electron chi connectivity index (χ2n) is 7.01. The summed E-state index contributed by atoms with van der Waals surface area (Å²) in [6.45, 7) is 2.86. The fourth-order valence-corrected chi connectivity index (χ4v) is 3.94. The monoisotopic (exact) mass is 332 g/mol. The summed E-state index contributed by atoms with van der Waals surface area (Å²) < 4.78 is 5.46. The van der Waals surface area contributed by atoms with Crippen LogP contribution in [0.1, 0.15) is 31.2 Å². The van der Waals surface area contributed by atoms with E-state index in [1.807, 2.05) is 30.1 Å². The van der Waals surface area contributed by atoms with Crippen molar-refractivity contribution in [2.24, 2.45) is 0 Å². The van der Waals surface area contributed by atoms with Crippen molar-refractivity contribution in [3.05, 3.63) is 35.9 Å². The summed E-state index contributed by atoms with van der Waals surface area (Å²) in [6.07, 6.45) is 3.43. The summed E-state index contributed by atoms with van der Waals surface area (Å²) in [5, 5.41) is 10.0. The van der Waals surface area contributed by atoms with Gasteiger partial charge < -0.3 is 14.7 Å². The van der Waals surface area contributed by atoms with Gasteiger partial charge in [-0.15, -0.1) is 0 Å². The molecule has 1 N–H and O–H groups in total. The van der Waals surface area contributed by atoms with Crippen molar-refractivity contribution < 1.29 is 14.6 Å². The van der Waals surface area contributed by atoms with Crippen molar-refractivity contribution in [2.75, 3.05) is 33.4 Å². The number of carbonyl (C=O) groups is 1. The van der Waals surface area contributed by atoms with E-state index in [0.717, 1.165) is 37.8 Å². The van der Waals surface area contributed by atoms with E-state index in [1.165, 1.54) is 0 Å². The predicted molar refractivity (Wildman–Crippen MR) is 92.5 cm³/mol. The summed E-state index contributed by atoms with van der Waals surface area (Å²) >= 11 is 0. The van der Waals surface area contributed by atoms with Gasteiger partial charge in [-0.05, 0) is 38.3 Å². The quantitative estimate of drug-likeness (QED) is 0.891. The first-order valence-electron chi connectivity index (χ1n) is 8.90.